The summed E-state index contributed by atoms with van der Waals surface area (Å²) in [6, 6.07) is 22.3. The van der Waals surface area contributed by atoms with Gasteiger partial charge in [-0.15, -0.1) is 11.8 Å². The molecule has 0 bridgehead atoms. The third-order valence-electron chi connectivity index (χ3n) is 6.42. The summed E-state index contributed by atoms with van der Waals surface area (Å²) in [5.74, 6) is 0.214. The lowest BCUT2D eigenvalue weighted by Crippen LogP contribution is -2.39. The molecule has 0 amide bonds. The highest BCUT2D eigenvalue weighted by atomic mass is 35.5. The smallest absolute Gasteiger partial charge is 0.338 e. The summed E-state index contributed by atoms with van der Waals surface area (Å²) >= 11 is 8.90. The minimum absolute atomic E-state index is 0.218. The molecule has 0 fully saturated rings. The van der Waals surface area contributed by atoms with Gasteiger partial charge in [-0.05, 0) is 79.3 Å². The van der Waals surface area contributed by atoms with E-state index < -0.39 is 12.0 Å². The summed E-state index contributed by atoms with van der Waals surface area (Å²) in [6.07, 6.45) is 3.83. The van der Waals surface area contributed by atoms with Gasteiger partial charge in [0, 0.05) is 9.92 Å². The Hall–Kier alpha value is -3.59. The number of halogens is 1. The molecule has 1 atom stereocenters. The van der Waals surface area contributed by atoms with Gasteiger partial charge in [-0.25, -0.2) is 9.79 Å². The largest absolute Gasteiger partial charge is 0.489 e. The normalized spacial score (nSPS) is 15.0. The molecule has 1 aromatic heterocycles. The minimum atomic E-state index is -0.637. The number of carbonyl (C=O) groups excluding carboxylic acids is 1. The highest BCUT2D eigenvalue weighted by Gasteiger charge is 2.33. The zero-order valence-corrected chi connectivity index (χ0v) is 24.6. The fourth-order valence-electron chi connectivity index (χ4n) is 4.49. The average molecular weight is 591 g/mol. The van der Waals surface area contributed by atoms with Gasteiger partial charge in [0.15, 0.2) is 4.80 Å². The van der Waals surface area contributed by atoms with Crippen LogP contribution in [0.3, 0.4) is 0 Å². The third kappa shape index (κ3) is 5.94. The van der Waals surface area contributed by atoms with Gasteiger partial charge in [0.2, 0.25) is 0 Å². The zero-order chi connectivity index (χ0) is 28.2. The van der Waals surface area contributed by atoms with Gasteiger partial charge in [0.05, 0.1) is 28.5 Å². The number of hydrogen-bond donors (Lipinski definition) is 0. The van der Waals surface area contributed by atoms with Crippen LogP contribution < -0.4 is 19.6 Å². The summed E-state index contributed by atoms with van der Waals surface area (Å²) in [4.78, 5) is 33.2. The predicted molar refractivity (Wildman–Crippen MR) is 161 cm³/mol. The second-order valence-electron chi connectivity index (χ2n) is 9.06. The lowest BCUT2D eigenvalue weighted by Gasteiger charge is -2.24. The first kappa shape index (κ1) is 28.0. The van der Waals surface area contributed by atoms with Crippen LogP contribution in [-0.2, 0) is 16.1 Å². The van der Waals surface area contributed by atoms with Crippen LogP contribution in [0.5, 0.6) is 5.75 Å². The first-order chi connectivity index (χ1) is 19.4. The first-order valence-electron chi connectivity index (χ1n) is 12.7. The Morgan fingerprint density at radius 2 is 1.88 bits per heavy atom. The Morgan fingerprint density at radius 1 is 1.12 bits per heavy atom. The first-order valence-corrected chi connectivity index (χ1v) is 15.1. The number of allylic oxidation sites excluding steroid dienone is 1. The van der Waals surface area contributed by atoms with Gasteiger partial charge in [0.25, 0.3) is 5.56 Å². The molecule has 3 aromatic carbocycles. The van der Waals surface area contributed by atoms with Crippen molar-refractivity contribution in [2.24, 2.45) is 4.99 Å². The fourth-order valence-corrected chi connectivity index (χ4v) is 6.07. The molecule has 1 aliphatic rings. The number of carbonyl (C=O) groups is 1. The van der Waals surface area contributed by atoms with Crippen molar-refractivity contribution in [3.05, 3.63) is 125 Å². The van der Waals surface area contributed by atoms with E-state index in [-0.39, 0.29) is 12.2 Å². The molecule has 6 nitrogen and oxygen atoms in total. The molecule has 1 aliphatic heterocycles. The number of benzene rings is 3. The van der Waals surface area contributed by atoms with Crippen LogP contribution in [0.2, 0.25) is 5.02 Å². The lowest BCUT2D eigenvalue weighted by atomic mass is 9.96. The van der Waals surface area contributed by atoms with Crippen LogP contribution in [0, 0.1) is 0 Å². The van der Waals surface area contributed by atoms with Crippen molar-refractivity contribution in [2.45, 2.75) is 31.4 Å². The van der Waals surface area contributed by atoms with E-state index in [0.29, 0.717) is 38.0 Å². The maximum atomic E-state index is 13.8. The fraction of sp³-hybridized carbons (Fsp3) is 0.194. The van der Waals surface area contributed by atoms with E-state index in [2.05, 4.69) is 4.99 Å². The van der Waals surface area contributed by atoms with Crippen LogP contribution in [-0.4, -0.2) is 23.4 Å². The summed E-state index contributed by atoms with van der Waals surface area (Å²) in [6.45, 7) is 4.18. The average Bonchev–Trinajstić information content (AvgIpc) is 3.26. The van der Waals surface area contributed by atoms with Gasteiger partial charge < -0.3 is 9.47 Å². The lowest BCUT2D eigenvalue weighted by molar-refractivity contribution is -0.139. The van der Waals surface area contributed by atoms with E-state index in [1.54, 1.807) is 30.2 Å². The Kier molecular flexibility index (Phi) is 8.59. The summed E-state index contributed by atoms with van der Waals surface area (Å²) in [5, 5.41) is 0.677. The summed E-state index contributed by atoms with van der Waals surface area (Å²) < 4.78 is 13.5. The third-order valence-corrected chi connectivity index (χ3v) is 8.40. The van der Waals surface area contributed by atoms with Crippen LogP contribution in [0.1, 0.15) is 36.6 Å². The maximum absolute atomic E-state index is 13.8. The number of esters is 1. The van der Waals surface area contributed by atoms with Gasteiger partial charge in [0.1, 0.15) is 12.4 Å². The Labute approximate surface area is 245 Å². The Balaban J connectivity index is 1.53. The number of aromatic nitrogens is 1. The van der Waals surface area contributed by atoms with E-state index in [4.69, 9.17) is 21.1 Å². The molecular weight excluding hydrogens is 564 g/mol. The van der Waals surface area contributed by atoms with Crippen molar-refractivity contribution in [1.29, 1.82) is 0 Å². The van der Waals surface area contributed by atoms with E-state index in [0.717, 1.165) is 21.6 Å². The molecule has 4 aromatic rings. The highest BCUT2D eigenvalue weighted by molar-refractivity contribution is 7.98. The molecule has 0 radical (unpaired) electrons. The number of fused-ring (bicyclic) bond motifs is 1. The van der Waals surface area contributed by atoms with E-state index in [1.165, 1.54) is 11.3 Å². The highest BCUT2D eigenvalue weighted by Crippen LogP contribution is 2.31. The van der Waals surface area contributed by atoms with Gasteiger partial charge in [-0.3, -0.25) is 9.36 Å². The van der Waals surface area contributed by atoms with Gasteiger partial charge in [-0.2, -0.15) is 0 Å². The number of rotatable bonds is 8. The molecule has 5 rings (SSSR count). The van der Waals surface area contributed by atoms with Crippen LogP contribution >= 0.6 is 34.7 Å². The number of hydrogen-bond acceptors (Lipinski definition) is 7. The number of thioether (sulfide) groups is 1. The minimum Gasteiger partial charge on any atom is -0.489 e. The zero-order valence-electron chi connectivity index (χ0n) is 22.2. The number of ether oxygens (including phenoxy) is 2. The van der Waals surface area contributed by atoms with Crippen LogP contribution in [0.25, 0.3) is 6.08 Å². The number of nitrogens with zero attached hydrogens (tertiary/aromatic N) is 2. The Morgan fingerprint density at radius 3 is 2.58 bits per heavy atom. The second kappa shape index (κ2) is 12.3. The standard InChI is InChI=1S/C31H27ClN2O4S2/c1-4-37-30(36)27-19(2)33-31-34(28(27)22-10-14-25(39-3)15-11-22)29(35)26(40-31)17-21-6-5-7-24(16-21)38-18-20-8-12-23(32)13-9-20/h5-17,28H,4,18H2,1-3H3/b26-17+/t28-/m1/s1. The van der Waals surface area contributed by atoms with Gasteiger partial charge in [-0.1, -0.05) is 59.3 Å². The molecule has 0 N–H and O–H groups in total. The van der Waals surface area contributed by atoms with Crippen molar-refractivity contribution in [3.8, 4) is 5.75 Å². The molecule has 0 aliphatic carbocycles. The second-order valence-corrected chi connectivity index (χ2v) is 11.4. The van der Waals surface area contributed by atoms with E-state index >= 15 is 0 Å². The molecule has 2 heterocycles. The van der Waals surface area contributed by atoms with Crippen LogP contribution in [0.15, 0.2) is 98.7 Å². The van der Waals surface area contributed by atoms with Crippen molar-refractivity contribution in [1.82, 2.24) is 4.57 Å². The van der Waals surface area contributed by atoms with Crippen molar-refractivity contribution >= 4 is 46.7 Å². The number of thiazole rings is 1. The van der Waals surface area contributed by atoms with Crippen LogP contribution in [0.4, 0.5) is 0 Å². The molecule has 0 saturated heterocycles. The van der Waals surface area contributed by atoms with E-state index in [1.807, 2.05) is 85.1 Å². The quantitative estimate of drug-likeness (QED) is 0.193. The SMILES string of the molecule is CCOC(=O)C1=C(C)N=c2s/c(=C/c3cccc(OCc4ccc(Cl)cc4)c3)c(=O)n2[C@@H]1c1ccc(SC)cc1. The van der Waals surface area contributed by atoms with Crippen molar-refractivity contribution in [3.63, 3.8) is 0 Å². The molecule has 0 spiro atoms. The Bertz CT molecular complexity index is 1760. The van der Waals surface area contributed by atoms with Crippen molar-refractivity contribution in [2.75, 3.05) is 12.9 Å². The monoisotopic (exact) mass is 590 g/mol. The molecule has 40 heavy (non-hydrogen) atoms. The topological polar surface area (TPSA) is 69.9 Å². The molecule has 9 heteroatoms. The molecule has 0 saturated carbocycles. The van der Waals surface area contributed by atoms with Gasteiger partial charge >= 0.3 is 5.97 Å². The molecule has 204 valence electrons. The van der Waals surface area contributed by atoms with E-state index in [9.17, 15) is 9.59 Å². The molecule has 0 unspecified atom stereocenters. The predicted octanol–water partition coefficient (Wildman–Crippen LogP) is 5.75. The summed E-state index contributed by atoms with van der Waals surface area (Å²) in [7, 11) is 0. The maximum Gasteiger partial charge on any atom is 0.338 e. The molecular formula is C31H27ClN2O4S2. The van der Waals surface area contributed by atoms with Crippen molar-refractivity contribution < 1.29 is 14.3 Å². The summed E-state index contributed by atoms with van der Waals surface area (Å²) in [5.41, 5.74) is 3.34.